The molecule has 1 fully saturated rings. The van der Waals surface area contributed by atoms with Gasteiger partial charge < -0.3 is 15.4 Å². The summed E-state index contributed by atoms with van der Waals surface area (Å²) >= 11 is 0. The highest BCUT2D eigenvalue weighted by atomic mass is 127. The predicted octanol–water partition coefficient (Wildman–Crippen LogP) is 2.69. The fraction of sp³-hybridized carbons (Fsp3) is 0.765. The molecule has 2 N–H and O–H groups in total. The van der Waals surface area contributed by atoms with E-state index < -0.39 is 0 Å². The van der Waals surface area contributed by atoms with Crippen LogP contribution >= 0.6 is 24.0 Å². The Hall–Kier alpha value is -0.830. The van der Waals surface area contributed by atoms with Gasteiger partial charge in [-0.05, 0) is 31.6 Å². The Morgan fingerprint density at radius 1 is 1.38 bits per heavy atom. The van der Waals surface area contributed by atoms with Crippen molar-refractivity contribution in [2.75, 3.05) is 26.8 Å². The maximum atomic E-state index is 5.58. The Balaban J connectivity index is 0.00000288. The van der Waals surface area contributed by atoms with Crippen LogP contribution in [0, 0.1) is 5.41 Å². The molecule has 138 valence electrons. The zero-order valence-electron chi connectivity index (χ0n) is 15.2. The lowest BCUT2D eigenvalue weighted by molar-refractivity contribution is 0.105. The molecule has 1 heterocycles. The third-order valence-electron chi connectivity index (χ3n) is 4.72. The Morgan fingerprint density at radius 2 is 2.12 bits per heavy atom. The topological polar surface area (TPSA) is 63.5 Å². The van der Waals surface area contributed by atoms with Gasteiger partial charge in [-0.2, -0.15) is 5.10 Å². The SMILES string of the molecule is CCOCCC1(CNC(=NC)NCc2cnn(C)c2)CCCC1.I. The number of rotatable bonds is 8. The Labute approximate surface area is 162 Å². The number of nitrogens with zero attached hydrogens (tertiary/aromatic N) is 3. The number of aryl methyl sites for hydroxylation is 1. The van der Waals surface area contributed by atoms with Gasteiger partial charge in [-0.3, -0.25) is 9.67 Å². The fourth-order valence-electron chi connectivity index (χ4n) is 3.31. The second kappa shape index (κ2) is 10.9. The highest BCUT2D eigenvalue weighted by Crippen LogP contribution is 2.40. The third kappa shape index (κ3) is 6.58. The van der Waals surface area contributed by atoms with E-state index in [9.17, 15) is 0 Å². The van der Waals surface area contributed by atoms with E-state index in [0.29, 0.717) is 5.41 Å². The van der Waals surface area contributed by atoms with Crippen molar-refractivity contribution in [3.63, 3.8) is 0 Å². The summed E-state index contributed by atoms with van der Waals surface area (Å²) in [4.78, 5) is 4.33. The minimum absolute atomic E-state index is 0. The van der Waals surface area contributed by atoms with Gasteiger partial charge in [-0.15, -0.1) is 24.0 Å². The normalized spacial score (nSPS) is 16.7. The number of nitrogens with one attached hydrogen (secondary N) is 2. The fourth-order valence-corrected chi connectivity index (χ4v) is 3.31. The molecular formula is C17H32IN5O. The van der Waals surface area contributed by atoms with Crippen molar-refractivity contribution < 1.29 is 4.74 Å². The molecule has 1 aliphatic rings. The first-order chi connectivity index (χ1) is 11.2. The van der Waals surface area contributed by atoms with Gasteiger partial charge in [0.05, 0.1) is 6.20 Å². The van der Waals surface area contributed by atoms with Gasteiger partial charge in [-0.25, -0.2) is 0 Å². The Morgan fingerprint density at radius 3 is 2.71 bits per heavy atom. The van der Waals surface area contributed by atoms with Crippen LogP contribution in [0.15, 0.2) is 17.4 Å². The molecule has 1 saturated carbocycles. The maximum Gasteiger partial charge on any atom is 0.191 e. The van der Waals surface area contributed by atoms with Gasteiger partial charge in [0.1, 0.15) is 0 Å². The van der Waals surface area contributed by atoms with Gasteiger partial charge >= 0.3 is 0 Å². The monoisotopic (exact) mass is 449 g/mol. The molecule has 0 saturated heterocycles. The summed E-state index contributed by atoms with van der Waals surface area (Å²) in [6, 6.07) is 0. The molecule has 0 bridgehead atoms. The first-order valence-electron chi connectivity index (χ1n) is 8.67. The molecule has 0 spiro atoms. The average molecular weight is 449 g/mol. The molecule has 0 atom stereocenters. The van der Waals surface area contributed by atoms with Crippen LogP contribution < -0.4 is 10.6 Å². The van der Waals surface area contributed by atoms with Crippen LogP contribution in [0.4, 0.5) is 0 Å². The number of aliphatic imine (C=N–C) groups is 1. The number of halogens is 1. The van der Waals surface area contributed by atoms with E-state index in [1.165, 1.54) is 25.7 Å². The smallest absolute Gasteiger partial charge is 0.191 e. The zero-order chi connectivity index (χ0) is 16.5. The summed E-state index contributed by atoms with van der Waals surface area (Å²) in [5, 5.41) is 11.1. The van der Waals surface area contributed by atoms with Crippen LogP contribution in [-0.4, -0.2) is 42.5 Å². The van der Waals surface area contributed by atoms with Gasteiger partial charge in [-0.1, -0.05) is 12.8 Å². The minimum atomic E-state index is 0. The lowest BCUT2D eigenvalue weighted by Crippen LogP contribution is -2.43. The molecule has 1 aromatic rings. The number of aromatic nitrogens is 2. The predicted molar refractivity (Wildman–Crippen MR) is 109 cm³/mol. The first kappa shape index (κ1) is 21.2. The second-order valence-electron chi connectivity index (χ2n) is 6.46. The molecule has 0 aromatic carbocycles. The molecule has 1 aromatic heterocycles. The Bertz CT molecular complexity index is 497. The molecule has 0 radical (unpaired) electrons. The third-order valence-corrected chi connectivity index (χ3v) is 4.72. The molecule has 0 amide bonds. The number of hydrogen-bond acceptors (Lipinski definition) is 3. The van der Waals surface area contributed by atoms with Crippen LogP contribution in [0.3, 0.4) is 0 Å². The van der Waals surface area contributed by atoms with Crippen LogP contribution in [0.1, 0.15) is 44.6 Å². The van der Waals surface area contributed by atoms with Crippen LogP contribution in [0.2, 0.25) is 0 Å². The van der Waals surface area contributed by atoms with E-state index >= 15 is 0 Å². The lowest BCUT2D eigenvalue weighted by Gasteiger charge is -2.30. The number of ether oxygens (including phenoxy) is 1. The van der Waals surface area contributed by atoms with E-state index in [-0.39, 0.29) is 24.0 Å². The molecule has 0 unspecified atom stereocenters. The molecule has 24 heavy (non-hydrogen) atoms. The van der Waals surface area contributed by atoms with E-state index in [1.807, 2.05) is 31.2 Å². The van der Waals surface area contributed by atoms with Crippen molar-refractivity contribution in [1.29, 1.82) is 0 Å². The average Bonchev–Trinajstić information content (AvgIpc) is 3.18. The summed E-state index contributed by atoms with van der Waals surface area (Å²) in [5.41, 5.74) is 1.52. The van der Waals surface area contributed by atoms with E-state index in [1.54, 1.807) is 0 Å². The first-order valence-corrected chi connectivity index (χ1v) is 8.67. The molecule has 2 rings (SSSR count). The van der Waals surface area contributed by atoms with Crippen molar-refractivity contribution in [3.8, 4) is 0 Å². The number of hydrogen-bond donors (Lipinski definition) is 2. The van der Waals surface area contributed by atoms with Crippen molar-refractivity contribution in [2.24, 2.45) is 17.5 Å². The van der Waals surface area contributed by atoms with E-state index in [4.69, 9.17) is 4.74 Å². The molecule has 7 heteroatoms. The standard InChI is InChI=1S/C17H31N5O.HI/c1-4-23-10-9-17(7-5-6-8-17)14-20-16(18-2)19-11-15-12-21-22(3)13-15;/h12-13H,4-11,14H2,1-3H3,(H2,18,19,20);1H. The van der Waals surface area contributed by atoms with Gasteiger partial charge in [0.15, 0.2) is 5.96 Å². The van der Waals surface area contributed by atoms with Crippen LogP contribution in [0.25, 0.3) is 0 Å². The quantitative estimate of drug-likeness (QED) is 0.277. The van der Waals surface area contributed by atoms with E-state index in [0.717, 1.165) is 44.2 Å². The van der Waals surface area contributed by atoms with Crippen molar-refractivity contribution in [2.45, 2.75) is 45.6 Å². The largest absolute Gasteiger partial charge is 0.382 e. The molecule has 0 aliphatic heterocycles. The van der Waals surface area contributed by atoms with Crippen LogP contribution in [0.5, 0.6) is 0 Å². The van der Waals surface area contributed by atoms with Gasteiger partial charge in [0.2, 0.25) is 0 Å². The zero-order valence-corrected chi connectivity index (χ0v) is 17.5. The highest BCUT2D eigenvalue weighted by molar-refractivity contribution is 14.0. The van der Waals surface area contributed by atoms with E-state index in [2.05, 4.69) is 27.6 Å². The molecule has 6 nitrogen and oxygen atoms in total. The van der Waals surface area contributed by atoms with Crippen molar-refractivity contribution in [3.05, 3.63) is 18.0 Å². The van der Waals surface area contributed by atoms with Gasteiger partial charge in [0, 0.05) is 52.2 Å². The van der Waals surface area contributed by atoms with Crippen molar-refractivity contribution in [1.82, 2.24) is 20.4 Å². The van der Waals surface area contributed by atoms with Crippen molar-refractivity contribution >= 4 is 29.9 Å². The maximum absolute atomic E-state index is 5.58. The number of guanidine groups is 1. The highest BCUT2D eigenvalue weighted by Gasteiger charge is 2.33. The second-order valence-corrected chi connectivity index (χ2v) is 6.46. The Kier molecular flexibility index (Phi) is 9.65. The summed E-state index contributed by atoms with van der Waals surface area (Å²) in [6.07, 6.45) is 10.2. The minimum Gasteiger partial charge on any atom is -0.382 e. The molecule has 1 aliphatic carbocycles. The molecular weight excluding hydrogens is 417 g/mol. The summed E-state index contributed by atoms with van der Waals surface area (Å²) in [7, 11) is 3.75. The lowest BCUT2D eigenvalue weighted by atomic mass is 9.83. The van der Waals surface area contributed by atoms with Crippen LogP contribution in [-0.2, 0) is 18.3 Å². The summed E-state index contributed by atoms with van der Waals surface area (Å²) in [6.45, 7) is 5.42. The summed E-state index contributed by atoms with van der Waals surface area (Å²) < 4.78 is 7.39. The van der Waals surface area contributed by atoms with Gasteiger partial charge in [0.25, 0.3) is 0 Å². The summed E-state index contributed by atoms with van der Waals surface area (Å²) in [5.74, 6) is 0.858.